The standard InChI is InChI=1S/C25H37N5O4/c1-5-27-23(31)30-14-19-10-20(15-30)13-29(12-19)16-21(28-24(32)34-25(2,3)4)17-33-22-8-6-18(11-26)7-9-22/h6-9,19-21H,5,10,12-17H2,1-4H3,(H,27,31)(H,28,32)/t19?,20?,21-/m1/s1. The molecule has 0 aliphatic carbocycles. The van der Waals surface area contributed by atoms with E-state index < -0.39 is 11.7 Å². The van der Waals surface area contributed by atoms with Crippen molar-refractivity contribution >= 4 is 12.1 Å². The molecule has 2 bridgehead atoms. The molecule has 2 saturated heterocycles. The van der Waals surface area contributed by atoms with E-state index in [1.807, 2.05) is 32.6 Å². The molecule has 9 nitrogen and oxygen atoms in total. The summed E-state index contributed by atoms with van der Waals surface area (Å²) in [6.45, 7) is 12.2. The minimum Gasteiger partial charge on any atom is -0.491 e. The van der Waals surface area contributed by atoms with E-state index in [0.29, 0.717) is 36.2 Å². The number of nitriles is 1. The van der Waals surface area contributed by atoms with Crippen LogP contribution in [0.3, 0.4) is 0 Å². The van der Waals surface area contributed by atoms with Gasteiger partial charge >= 0.3 is 12.1 Å². The Labute approximate surface area is 202 Å². The number of likely N-dealkylation sites (tertiary alicyclic amines) is 2. The van der Waals surface area contributed by atoms with Gasteiger partial charge in [0.1, 0.15) is 18.0 Å². The summed E-state index contributed by atoms with van der Waals surface area (Å²) in [5.74, 6) is 1.47. The first-order valence-corrected chi connectivity index (χ1v) is 12.0. The van der Waals surface area contributed by atoms with Gasteiger partial charge in [0, 0.05) is 39.3 Å². The van der Waals surface area contributed by atoms with Crippen LogP contribution in [-0.4, -0.2) is 79.4 Å². The lowest BCUT2D eigenvalue weighted by molar-refractivity contribution is 0.0306. The number of rotatable bonds is 7. The van der Waals surface area contributed by atoms with Gasteiger partial charge in [-0.15, -0.1) is 0 Å². The normalized spacial score (nSPS) is 21.2. The van der Waals surface area contributed by atoms with Gasteiger partial charge in [0.05, 0.1) is 17.7 Å². The minimum atomic E-state index is -0.590. The zero-order valence-electron chi connectivity index (χ0n) is 20.7. The number of alkyl carbamates (subject to hydrolysis) is 1. The van der Waals surface area contributed by atoms with Gasteiger partial charge in [-0.25, -0.2) is 9.59 Å². The smallest absolute Gasteiger partial charge is 0.408 e. The molecule has 2 heterocycles. The summed E-state index contributed by atoms with van der Waals surface area (Å²) in [7, 11) is 0. The van der Waals surface area contributed by atoms with E-state index in [2.05, 4.69) is 21.6 Å². The molecule has 1 aromatic carbocycles. The molecule has 2 aliphatic heterocycles. The molecule has 1 aromatic rings. The Morgan fingerprint density at radius 1 is 1.15 bits per heavy atom. The van der Waals surface area contributed by atoms with Gasteiger partial charge in [-0.05, 0) is 70.2 Å². The highest BCUT2D eigenvalue weighted by Crippen LogP contribution is 2.28. The lowest BCUT2D eigenvalue weighted by Gasteiger charge is -2.46. The minimum absolute atomic E-state index is 0.0194. The second-order valence-corrected chi connectivity index (χ2v) is 10.2. The number of ether oxygens (including phenoxy) is 2. The first kappa shape index (κ1) is 25.6. The van der Waals surface area contributed by atoms with Crippen molar-refractivity contribution in [2.75, 3.05) is 45.9 Å². The van der Waals surface area contributed by atoms with E-state index in [1.165, 1.54) is 0 Å². The Morgan fingerprint density at radius 3 is 2.35 bits per heavy atom. The summed E-state index contributed by atoms with van der Waals surface area (Å²) < 4.78 is 11.4. The fraction of sp³-hybridized carbons (Fsp3) is 0.640. The number of urea groups is 1. The molecule has 0 saturated carbocycles. The summed E-state index contributed by atoms with van der Waals surface area (Å²) in [6, 6.07) is 8.76. The molecule has 2 aliphatic rings. The molecule has 3 amide bonds. The highest BCUT2D eigenvalue weighted by molar-refractivity contribution is 5.74. The molecule has 9 heteroatoms. The van der Waals surface area contributed by atoms with Crippen molar-refractivity contribution in [2.24, 2.45) is 11.8 Å². The van der Waals surface area contributed by atoms with Crippen molar-refractivity contribution in [1.29, 1.82) is 5.26 Å². The van der Waals surface area contributed by atoms with Crippen LogP contribution in [0.4, 0.5) is 9.59 Å². The van der Waals surface area contributed by atoms with Crippen LogP contribution < -0.4 is 15.4 Å². The van der Waals surface area contributed by atoms with E-state index in [-0.39, 0.29) is 18.7 Å². The number of fused-ring (bicyclic) bond motifs is 2. The highest BCUT2D eigenvalue weighted by Gasteiger charge is 2.36. The molecule has 0 radical (unpaired) electrons. The third kappa shape index (κ3) is 7.80. The van der Waals surface area contributed by atoms with Crippen LogP contribution in [0.25, 0.3) is 0 Å². The predicted octanol–water partition coefficient (Wildman–Crippen LogP) is 2.81. The lowest BCUT2D eigenvalue weighted by atomic mass is 9.84. The van der Waals surface area contributed by atoms with Crippen molar-refractivity contribution in [3.05, 3.63) is 29.8 Å². The number of hydrogen-bond donors (Lipinski definition) is 2. The first-order valence-electron chi connectivity index (χ1n) is 12.0. The van der Waals surface area contributed by atoms with Crippen LogP contribution >= 0.6 is 0 Å². The molecule has 2 N–H and O–H groups in total. The van der Waals surface area contributed by atoms with Crippen molar-refractivity contribution in [3.63, 3.8) is 0 Å². The van der Waals surface area contributed by atoms with Gasteiger partial charge in [-0.3, -0.25) is 0 Å². The highest BCUT2D eigenvalue weighted by atomic mass is 16.6. The number of nitrogens with zero attached hydrogens (tertiary/aromatic N) is 3. The van der Waals surface area contributed by atoms with Crippen LogP contribution in [-0.2, 0) is 4.74 Å². The van der Waals surface area contributed by atoms with Crippen LogP contribution in [0, 0.1) is 23.2 Å². The number of amides is 3. The quantitative estimate of drug-likeness (QED) is 0.633. The maximum Gasteiger partial charge on any atom is 0.408 e. The first-order chi connectivity index (χ1) is 16.1. The van der Waals surface area contributed by atoms with E-state index in [0.717, 1.165) is 32.6 Å². The molecule has 186 valence electrons. The molecular formula is C25H37N5O4. The number of carbonyl (C=O) groups excluding carboxylic acids is 2. The van der Waals surface area contributed by atoms with Gasteiger partial charge in [0.2, 0.25) is 0 Å². The summed E-state index contributed by atoms with van der Waals surface area (Å²) in [5, 5.41) is 14.9. The molecule has 3 rings (SSSR count). The lowest BCUT2D eigenvalue weighted by Crippen LogP contribution is -2.58. The summed E-state index contributed by atoms with van der Waals surface area (Å²) in [6.07, 6.45) is 0.652. The second kappa shape index (κ2) is 11.4. The van der Waals surface area contributed by atoms with Crippen LogP contribution in [0.15, 0.2) is 24.3 Å². The maximum atomic E-state index is 12.5. The van der Waals surface area contributed by atoms with Gasteiger partial charge in [0.15, 0.2) is 0 Å². The SMILES string of the molecule is CCNC(=O)N1CC2CC(CN(C[C@H](COc3ccc(C#N)cc3)NC(=O)OC(C)(C)C)C2)C1. The second-order valence-electron chi connectivity index (χ2n) is 10.2. The summed E-state index contributed by atoms with van der Waals surface area (Å²) in [5.41, 5.74) is -0.0230. The molecule has 2 unspecified atom stereocenters. The Balaban J connectivity index is 1.60. The molecule has 3 atom stereocenters. The number of carbonyl (C=O) groups is 2. The molecule has 0 spiro atoms. The fourth-order valence-corrected chi connectivity index (χ4v) is 4.71. The Kier molecular flexibility index (Phi) is 8.61. The molecular weight excluding hydrogens is 434 g/mol. The topological polar surface area (TPSA) is 107 Å². The summed E-state index contributed by atoms with van der Waals surface area (Å²) in [4.78, 5) is 29.1. The van der Waals surface area contributed by atoms with Crippen molar-refractivity contribution in [1.82, 2.24) is 20.4 Å². The largest absolute Gasteiger partial charge is 0.491 e. The molecule has 0 aromatic heterocycles. The van der Waals surface area contributed by atoms with E-state index in [4.69, 9.17) is 14.7 Å². The monoisotopic (exact) mass is 471 g/mol. The van der Waals surface area contributed by atoms with Crippen LogP contribution in [0.5, 0.6) is 5.75 Å². The van der Waals surface area contributed by atoms with Gasteiger partial charge in [0.25, 0.3) is 0 Å². The van der Waals surface area contributed by atoms with Gasteiger partial charge in [-0.2, -0.15) is 5.26 Å². The van der Waals surface area contributed by atoms with Gasteiger partial charge in [-0.1, -0.05) is 0 Å². The number of benzene rings is 1. The van der Waals surface area contributed by atoms with E-state index in [9.17, 15) is 9.59 Å². The van der Waals surface area contributed by atoms with Crippen LogP contribution in [0.1, 0.15) is 39.7 Å². The van der Waals surface area contributed by atoms with Crippen molar-refractivity contribution in [2.45, 2.75) is 45.8 Å². The predicted molar refractivity (Wildman–Crippen MR) is 128 cm³/mol. The maximum absolute atomic E-state index is 12.5. The Bertz CT molecular complexity index is 863. The average Bonchev–Trinajstić information content (AvgIpc) is 2.76. The third-order valence-corrected chi connectivity index (χ3v) is 5.91. The Hall–Kier alpha value is -2.99. The van der Waals surface area contributed by atoms with Gasteiger partial charge < -0.3 is 29.9 Å². The van der Waals surface area contributed by atoms with E-state index in [1.54, 1.807) is 24.3 Å². The average molecular weight is 472 g/mol. The van der Waals surface area contributed by atoms with Crippen LogP contribution in [0.2, 0.25) is 0 Å². The number of hydrogen-bond acceptors (Lipinski definition) is 6. The molecule has 34 heavy (non-hydrogen) atoms. The van der Waals surface area contributed by atoms with Crippen molar-refractivity contribution < 1.29 is 19.1 Å². The Morgan fingerprint density at radius 2 is 1.79 bits per heavy atom. The fourth-order valence-electron chi connectivity index (χ4n) is 4.71. The molecule has 2 fully saturated rings. The summed E-state index contributed by atoms with van der Waals surface area (Å²) >= 11 is 0. The zero-order valence-corrected chi connectivity index (χ0v) is 20.7. The number of piperidine rings is 2. The number of nitrogens with one attached hydrogen (secondary N) is 2. The third-order valence-electron chi connectivity index (χ3n) is 5.91. The zero-order chi connectivity index (χ0) is 24.7. The van der Waals surface area contributed by atoms with E-state index >= 15 is 0 Å². The van der Waals surface area contributed by atoms with Crippen molar-refractivity contribution in [3.8, 4) is 11.8 Å².